The summed E-state index contributed by atoms with van der Waals surface area (Å²) >= 11 is 0. The van der Waals surface area contributed by atoms with E-state index < -0.39 is 31.6 Å². The first-order valence-corrected chi connectivity index (χ1v) is 10.1. The van der Waals surface area contributed by atoms with Crippen LogP contribution < -0.4 is 0 Å². The zero-order chi connectivity index (χ0) is 18.1. The van der Waals surface area contributed by atoms with Gasteiger partial charge in [0.25, 0.3) is 0 Å². The van der Waals surface area contributed by atoms with Crippen LogP contribution in [0.5, 0.6) is 0 Å². The lowest BCUT2D eigenvalue weighted by Crippen LogP contribution is -2.49. The molecule has 0 aliphatic heterocycles. The van der Waals surface area contributed by atoms with E-state index in [1.807, 2.05) is 20.8 Å². The predicted molar refractivity (Wildman–Crippen MR) is 84.3 cm³/mol. The molecule has 0 fully saturated rings. The summed E-state index contributed by atoms with van der Waals surface area (Å²) in [6.45, 7) is 9.16. The van der Waals surface area contributed by atoms with Gasteiger partial charge in [0.1, 0.15) is 6.10 Å². The topological polar surface area (TPSA) is 52.4 Å². The first-order chi connectivity index (χ1) is 10.3. The van der Waals surface area contributed by atoms with Gasteiger partial charge in [0, 0.05) is 4.92 Å². The van der Waals surface area contributed by atoms with Crippen molar-refractivity contribution in [3.05, 3.63) is 46.0 Å². The maximum Gasteiger partial charge on any atom is 0.460 e. The standard InChI is InChI=1S/C15H22F3NO3Si/c1-14(2,3)23(4,5)22-12(11-9-7-6-8-10-11)13(19(20)21)15(16,17)18/h6-10,12-13H,1-5H3/t12-,13+/m1/s1. The Balaban J connectivity index is 3.37. The Morgan fingerprint density at radius 3 is 1.96 bits per heavy atom. The van der Waals surface area contributed by atoms with Crippen molar-refractivity contribution < 1.29 is 22.5 Å². The molecule has 4 nitrogen and oxygen atoms in total. The van der Waals surface area contributed by atoms with Gasteiger partial charge in [-0.2, -0.15) is 13.2 Å². The van der Waals surface area contributed by atoms with Gasteiger partial charge in [0.2, 0.25) is 0 Å². The van der Waals surface area contributed by atoms with Crippen LogP contribution in [0, 0.1) is 10.1 Å². The number of nitro groups is 1. The van der Waals surface area contributed by atoms with Crippen LogP contribution in [0.4, 0.5) is 13.2 Å². The largest absolute Gasteiger partial charge is 0.460 e. The lowest BCUT2D eigenvalue weighted by Gasteiger charge is -2.39. The third-order valence-corrected chi connectivity index (χ3v) is 8.66. The SMILES string of the molecule is CC(C)(C)[Si](C)(C)O[C@H](c1ccccc1)[C@H]([N+](=O)[O-])C(F)(F)F. The number of alkyl halides is 3. The fourth-order valence-electron chi connectivity index (χ4n) is 1.85. The summed E-state index contributed by atoms with van der Waals surface area (Å²) in [6, 6.07) is 4.80. The van der Waals surface area contributed by atoms with E-state index in [0.29, 0.717) is 0 Å². The normalized spacial score (nSPS) is 16.0. The smallest absolute Gasteiger partial charge is 0.403 e. The van der Waals surface area contributed by atoms with Crippen LogP contribution in [0.3, 0.4) is 0 Å². The molecule has 0 unspecified atom stereocenters. The fraction of sp³-hybridized carbons (Fsp3) is 0.600. The Kier molecular flexibility index (Phi) is 5.64. The van der Waals surface area contributed by atoms with Crippen LogP contribution >= 0.6 is 0 Å². The maximum absolute atomic E-state index is 13.3. The molecule has 0 bridgehead atoms. The molecule has 1 aromatic rings. The summed E-state index contributed by atoms with van der Waals surface area (Å²) in [5.41, 5.74) is 0.163. The van der Waals surface area contributed by atoms with Gasteiger partial charge in [0.05, 0.1) is 0 Å². The van der Waals surface area contributed by atoms with Crippen molar-refractivity contribution in [2.24, 2.45) is 0 Å². The van der Waals surface area contributed by atoms with E-state index >= 15 is 0 Å². The third kappa shape index (κ3) is 4.78. The van der Waals surface area contributed by atoms with Crippen molar-refractivity contribution >= 4 is 8.32 Å². The molecule has 0 N–H and O–H groups in total. The molecule has 0 saturated carbocycles. The van der Waals surface area contributed by atoms with Crippen LogP contribution in [-0.4, -0.2) is 25.5 Å². The zero-order valence-electron chi connectivity index (χ0n) is 13.8. The van der Waals surface area contributed by atoms with Crippen molar-refractivity contribution in [1.82, 2.24) is 0 Å². The van der Waals surface area contributed by atoms with Gasteiger partial charge in [-0.25, -0.2) is 0 Å². The summed E-state index contributed by atoms with van der Waals surface area (Å²) in [5, 5.41) is 10.7. The quantitative estimate of drug-likeness (QED) is 0.429. The lowest BCUT2D eigenvalue weighted by molar-refractivity contribution is -0.574. The van der Waals surface area contributed by atoms with Crippen LogP contribution in [0.2, 0.25) is 18.1 Å². The first-order valence-electron chi connectivity index (χ1n) is 7.20. The molecule has 0 aliphatic carbocycles. The molecule has 1 rings (SSSR count). The molecule has 0 radical (unpaired) electrons. The number of halogens is 3. The van der Waals surface area contributed by atoms with Crippen molar-refractivity contribution in [2.45, 2.75) is 57.2 Å². The van der Waals surface area contributed by atoms with E-state index in [9.17, 15) is 23.3 Å². The van der Waals surface area contributed by atoms with E-state index in [1.54, 1.807) is 31.3 Å². The minimum Gasteiger partial charge on any atom is -0.403 e. The van der Waals surface area contributed by atoms with E-state index in [4.69, 9.17) is 4.43 Å². The van der Waals surface area contributed by atoms with E-state index in [-0.39, 0.29) is 10.6 Å². The number of hydrogen-bond donors (Lipinski definition) is 0. The average molecular weight is 349 g/mol. The second-order valence-electron chi connectivity index (χ2n) is 6.98. The first kappa shape index (κ1) is 19.6. The van der Waals surface area contributed by atoms with Gasteiger partial charge < -0.3 is 4.43 Å². The Bertz CT molecular complexity index is 541. The molecule has 2 atom stereocenters. The van der Waals surface area contributed by atoms with Crippen molar-refractivity contribution in [3.8, 4) is 0 Å². The molecule has 130 valence electrons. The van der Waals surface area contributed by atoms with Crippen LogP contribution in [0.15, 0.2) is 30.3 Å². The second-order valence-corrected chi connectivity index (χ2v) is 11.7. The molecule has 0 amide bonds. The molecule has 0 aromatic heterocycles. The highest BCUT2D eigenvalue weighted by Crippen LogP contribution is 2.43. The van der Waals surface area contributed by atoms with Gasteiger partial charge >= 0.3 is 12.2 Å². The monoisotopic (exact) mass is 349 g/mol. The van der Waals surface area contributed by atoms with E-state index in [2.05, 4.69) is 0 Å². The molecule has 0 saturated heterocycles. The second kappa shape index (κ2) is 6.60. The number of hydrogen-bond acceptors (Lipinski definition) is 3. The third-order valence-electron chi connectivity index (χ3n) is 4.21. The zero-order valence-corrected chi connectivity index (χ0v) is 14.8. The highest BCUT2D eigenvalue weighted by atomic mass is 28.4. The summed E-state index contributed by atoms with van der Waals surface area (Å²) in [5.74, 6) is 0. The molecule has 8 heteroatoms. The van der Waals surface area contributed by atoms with E-state index in [1.165, 1.54) is 12.1 Å². The molecular weight excluding hydrogens is 327 g/mol. The molecule has 0 spiro atoms. The minimum atomic E-state index is -4.99. The lowest BCUT2D eigenvalue weighted by atomic mass is 10.0. The van der Waals surface area contributed by atoms with Crippen LogP contribution in [-0.2, 0) is 4.43 Å². The van der Waals surface area contributed by atoms with Gasteiger partial charge in [-0.3, -0.25) is 10.1 Å². The Morgan fingerprint density at radius 2 is 1.61 bits per heavy atom. The Labute approximate surface area is 134 Å². The Hall–Kier alpha value is -1.41. The summed E-state index contributed by atoms with van der Waals surface area (Å²) in [4.78, 5) is 9.82. The summed E-state index contributed by atoms with van der Waals surface area (Å²) in [7, 11) is -2.64. The summed E-state index contributed by atoms with van der Waals surface area (Å²) < 4.78 is 45.6. The maximum atomic E-state index is 13.3. The molecular formula is C15H22F3NO3Si. The van der Waals surface area contributed by atoms with Gasteiger partial charge in [0.15, 0.2) is 8.32 Å². The molecule has 0 aliphatic rings. The highest BCUT2D eigenvalue weighted by Gasteiger charge is 2.57. The molecule has 0 heterocycles. The van der Waals surface area contributed by atoms with Crippen LogP contribution in [0.25, 0.3) is 0 Å². The number of rotatable bonds is 5. The van der Waals surface area contributed by atoms with Gasteiger partial charge in [-0.15, -0.1) is 0 Å². The van der Waals surface area contributed by atoms with Crippen LogP contribution in [0.1, 0.15) is 32.4 Å². The number of nitrogens with zero attached hydrogens (tertiary/aromatic N) is 1. The minimum absolute atomic E-state index is 0.163. The van der Waals surface area contributed by atoms with Gasteiger partial charge in [-0.05, 0) is 23.7 Å². The average Bonchev–Trinajstić information content (AvgIpc) is 2.35. The van der Waals surface area contributed by atoms with Crippen molar-refractivity contribution in [1.29, 1.82) is 0 Å². The molecule has 23 heavy (non-hydrogen) atoms. The molecule has 1 aromatic carbocycles. The number of benzene rings is 1. The highest BCUT2D eigenvalue weighted by molar-refractivity contribution is 6.74. The Morgan fingerprint density at radius 1 is 1.13 bits per heavy atom. The van der Waals surface area contributed by atoms with Crippen molar-refractivity contribution in [2.75, 3.05) is 0 Å². The summed E-state index contributed by atoms with van der Waals surface area (Å²) in [6.07, 6.45) is -6.65. The predicted octanol–water partition coefficient (Wildman–Crippen LogP) is 4.96. The van der Waals surface area contributed by atoms with Crippen molar-refractivity contribution in [3.63, 3.8) is 0 Å². The van der Waals surface area contributed by atoms with E-state index in [0.717, 1.165) is 0 Å². The fourth-order valence-corrected chi connectivity index (χ4v) is 3.11. The van der Waals surface area contributed by atoms with Gasteiger partial charge in [-0.1, -0.05) is 51.1 Å².